The fourth-order valence-electron chi connectivity index (χ4n) is 2.98. The van der Waals surface area contributed by atoms with Crippen molar-refractivity contribution in [2.24, 2.45) is 5.92 Å². The molecule has 0 fully saturated rings. The second-order valence-corrected chi connectivity index (χ2v) is 5.09. The van der Waals surface area contributed by atoms with Gasteiger partial charge in [0.15, 0.2) is 5.78 Å². The molecule has 18 heavy (non-hydrogen) atoms. The van der Waals surface area contributed by atoms with Gasteiger partial charge in [0.25, 0.3) is 0 Å². The minimum absolute atomic E-state index is 0.0602. The van der Waals surface area contributed by atoms with Crippen molar-refractivity contribution in [3.05, 3.63) is 33.9 Å². The van der Waals surface area contributed by atoms with E-state index in [4.69, 9.17) is 10.2 Å². The number of Topliss-reactive ketones (excluding diaryl/α,β-unsaturated/α-hetero) is 1. The van der Waals surface area contributed by atoms with Crippen LogP contribution in [0.3, 0.4) is 0 Å². The molecule has 0 bridgehead atoms. The summed E-state index contributed by atoms with van der Waals surface area (Å²) >= 11 is 0. The molecular formula is C15H20O3. The summed E-state index contributed by atoms with van der Waals surface area (Å²) in [5.74, 6) is 0.280. The summed E-state index contributed by atoms with van der Waals surface area (Å²) in [5.41, 5.74) is 5.07. The van der Waals surface area contributed by atoms with Crippen molar-refractivity contribution in [1.29, 1.82) is 0 Å². The Bertz CT molecular complexity index is 477. The van der Waals surface area contributed by atoms with E-state index in [0.29, 0.717) is 12.8 Å². The van der Waals surface area contributed by atoms with E-state index in [1.54, 1.807) is 0 Å². The first-order chi connectivity index (χ1) is 8.60. The SMILES string of the molecule is Cc1c(CCO)c(CCO)cc2c1C(=O)[C@@H](C)C2. The van der Waals surface area contributed by atoms with Crippen LogP contribution < -0.4 is 0 Å². The van der Waals surface area contributed by atoms with Crippen LogP contribution in [-0.2, 0) is 19.3 Å². The number of benzene rings is 1. The topological polar surface area (TPSA) is 57.5 Å². The van der Waals surface area contributed by atoms with Crippen molar-refractivity contribution < 1.29 is 15.0 Å². The van der Waals surface area contributed by atoms with Gasteiger partial charge in [0.2, 0.25) is 0 Å². The predicted octanol–water partition coefficient (Wildman–Crippen LogP) is 1.44. The third kappa shape index (κ3) is 2.08. The van der Waals surface area contributed by atoms with E-state index in [1.165, 1.54) is 0 Å². The lowest BCUT2D eigenvalue weighted by Gasteiger charge is -2.15. The Kier molecular flexibility index (Phi) is 3.83. The maximum absolute atomic E-state index is 12.1. The number of rotatable bonds is 4. The van der Waals surface area contributed by atoms with Crippen molar-refractivity contribution in [2.45, 2.75) is 33.1 Å². The molecule has 1 aliphatic rings. The van der Waals surface area contributed by atoms with E-state index >= 15 is 0 Å². The molecule has 1 aliphatic carbocycles. The van der Waals surface area contributed by atoms with Gasteiger partial charge >= 0.3 is 0 Å². The zero-order valence-corrected chi connectivity index (χ0v) is 11.0. The maximum Gasteiger partial charge on any atom is 0.166 e. The molecule has 0 radical (unpaired) electrons. The third-order valence-electron chi connectivity index (χ3n) is 3.85. The van der Waals surface area contributed by atoms with Crippen LogP contribution in [0.4, 0.5) is 0 Å². The van der Waals surface area contributed by atoms with E-state index in [0.717, 1.165) is 34.2 Å². The lowest BCUT2D eigenvalue weighted by molar-refractivity contribution is 0.0945. The smallest absolute Gasteiger partial charge is 0.166 e. The monoisotopic (exact) mass is 248 g/mol. The van der Waals surface area contributed by atoms with Crippen molar-refractivity contribution in [3.8, 4) is 0 Å². The summed E-state index contributed by atoms with van der Waals surface area (Å²) in [6.45, 7) is 4.09. The van der Waals surface area contributed by atoms with Gasteiger partial charge in [-0.15, -0.1) is 0 Å². The highest BCUT2D eigenvalue weighted by atomic mass is 16.3. The van der Waals surface area contributed by atoms with Crippen LogP contribution in [-0.4, -0.2) is 29.2 Å². The molecule has 0 saturated heterocycles. The Morgan fingerprint density at radius 3 is 2.56 bits per heavy atom. The number of aliphatic hydroxyl groups is 2. The molecule has 2 N–H and O–H groups in total. The zero-order chi connectivity index (χ0) is 13.3. The largest absolute Gasteiger partial charge is 0.396 e. The number of hydrogen-bond donors (Lipinski definition) is 2. The van der Waals surface area contributed by atoms with E-state index < -0.39 is 0 Å². The Balaban J connectivity index is 2.56. The molecule has 1 atom stereocenters. The van der Waals surface area contributed by atoms with Crippen LogP contribution in [0, 0.1) is 12.8 Å². The summed E-state index contributed by atoms with van der Waals surface area (Å²) < 4.78 is 0. The highest BCUT2D eigenvalue weighted by Crippen LogP contribution is 2.33. The minimum Gasteiger partial charge on any atom is -0.396 e. The summed E-state index contributed by atoms with van der Waals surface area (Å²) in [7, 11) is 0. The van der Waals surface area contributed by atoms with Crippen molar-refractivity contribution in [1.82, 2.24) is 0 Å². The van der Waals surface area contributed by atoms with E-state index in [-0.39, 0.29) is 24.9 Å². The molecule has 0 aliphatic heterocycles. The highest BCUT2D eigenvalue weighted by Gasteiger charge is 2.30. The van der Waals surface area contributed by atoms with Gasteiger partial charge in [-0.2, -0.15) is 0 Å². The molecule has 0 aromatic heterocycles. The molecule has 0 amide bonds. The molecular weight excluding hydrogens is 228 g/mol. The standard InChI is InChI=1S/C15H20O3/c1-9-7-12-8-11(3-5-16)13(4-6-17)10(2)14(12)15(9)18/h8-9,16-17H,3-7H2,1-2H3/t9-/m0/s1. The zero-order valence-electron chi connectivity index (χ0n) is 11.0. The van der Waals surface area contributed by atoms with Gasteiger partial charge in [-0.25, -0.2) is 0 Å². The third-order valence-corrected chi connectivity index (χ3v) is 3.85. The van der Waals surface area contributed by atoms with E-state index in [2.05, 4.69) is 0 Å². The average Bonchev–Trinajstić information content (AvgIpc) is 2.60. The van der Waals surface area contributed by atoms with Gasteiger partial charge < -0.3 is 10.2 Å². The summed E-state index contributed by atoms with van der Waals surface area (Å²) in [6, 6.07) is 2.05. The molecule has 1 aromatic rings. The van der Waals surface area contributed by atoms with Gasteiger partial charge in [-0.1, -0.05) is 13.0 Å². The quantitative estimate of drug-likeness (QED) is 0.847. The van der Waals surface area contributed by atoms with Gasteiger partial charge in [0.1, 0.15) is 0 Å². The molecule has 0 unspecified atom stereocenters. The van der Waals surface area contributed by atoms with Crippen LogP contribution in [0.2, 0.25) is 0 Å². The summed E-state index contributed by atoms with van der Waals surface area (Å²) in [6.07, 6.45) is 1.94. The van der Waals surface area contributed by atoms with E-state index in [9.17, 15) is 4.79 Å². The van der Waals surface area contributed by atoms with Crippen LogP contribution in [0.1, 0.15) is 39.5 Å². The first-order valence-electron chi connectivity index (χ1n) is 6.50. The number of hydrogen-bond acceptors (Lipinski definition) is 3. The molecule has 2 rings (SSSR count). The summed E-state index contributed by atoms with van der Waals surface area (Å²) in [5, 5.41) is 18.3. The van der Waals surface area contributed by atoms with Gasteiger partial charge in [0.05, 0.1) is 0 Å². The van der Waals surface area contributed by atoms with Gasteiger partial charge in [-0.3, -0.25) is 4.79 Å². The lowest BCUT2D eigenvalue weighted by Crippen LogP contribution is -2.09. The van der Waals surface area contributed by atoms with Crippen LogP contribution in [0.25, 0.3) is 0 Å². The van der Waals surface area contributed by atoms with Crippen LogP contribution in [0.15, 0.2) is 6.07 Å². The molecule has 0 saturated carbocycles. The van der Waals surface area contributed by atoms with Crippen molar-refractivity contribution >= 4 is 5.78 Å². The van der Waals surface area contributed by atoms with Gasteiger partial charge in [0, 0.05) is 24.7 Å². The molecule has 3 heteroatoms. The van der Waals surface area contributed by atoms with Crippen molar-refractivity contribution in [3.63, 3.8) is 0 Å². The Morgan fingerprint density at radius 1 is 1.28 bits per heavy atom. The number of fused-ring (bicyclic) bond motifs is 1. The lowest BCUT2D eigenvalue weighted by atomic mass is 9.90. The highest BCUT2D eigenvalue weighted by molar-refractivity contribution is 6.03. The maximum atomic E-state index is 12.1. The second kappa shape index (κ2) is 5.21. The number of ketones is 1. The Hall–Kier alpha value is -1.19. The first-order valence-corrected chi connectivity index (χ1v) is 6.50. The van der Waals surface area contributed by atoms with Crippen LogP contribution in [0.5, 0.6) is 0 Å². The van der Waals surface area contributed by atoms with E-state index in [1.807, 2.05) is 19.9 Å². The fourth-order valence-corrected chi connectivity index (χ4v) is 2.98. The predicted molar refractivity (Wildman–Crippen MR) is 70.0 cm³/mol. The molecule has 0 spiro atoms. The van der Waals surface area contributed by atoms with Crippen LogP contribution >= 0.6 is 0 Å². The molecule has 1 aromatic carbocycles. The normalized spacial score (nSPS) is 18.2. The van der Waals surface area contributed by atoms with Gasteiger partial charge in [-0.05, 0) is 48.4 Å². The first kappa shape index (κ1) is 13.2. The number of carbonyl (C=O) groups excluding carboxylic acids is 1. The Morgan fingerprint density at radius 2 is 1.94 bits per heavy atom. The fraction of sp³-hybridized carbons (Fsp3) is 0.533. The average molecular weight is 248 g/mol. The molecule has 0 heterocycles. The number of aliphatic hydroxyl groups excluding tert-OH is 2. The van der Waals surface area contributed by atoms with Crippen molar-refractivity contribution in [2.75, 3.05) is 13.2 Å². The Labute approximate surface area is 107 Å². The molecule has 98 valence electrons. The minimum atomic E-state index is 0.0602. The molecule has 3 nitrogen and oxygen atoms in total. The second-order valence-electron chi connectivity index (χ2n) is 5.09. The number of carbonyl (C=O) groups is 1. The summed E-state index contributed by atoms with van der Waals surface area (Å²) in [4.78, 5) is 12.1.